The van der Waals surface area contributed by atoms with Gasteiger partial charge < -0.3 is 22.6 Å². The van der Waals surface area contributed by atoms with Crippen LogP contribution in [0.3, 0.4) is 0 Å². The van der Waals surface area contributed by atoms with Gasteiger partial charge in [-0.15, -0.1) is 11.5 Å². The van der Waals surface area contributed by atoms with Crippen LogP contribution >= 0.6 is 7.92 Å². The summed E-state index contributed by atoms with van der Waals surface area (Å²) in [7, 11) is -0.877. The molecular weight excluding hydrogens is 684 g/mol. The standard InChI is InChI=1S/C20H22N2O2.C18H15P.ClH.Ru/c23-19-11-5-1-7-15(19)13-21-17-9-3-4-10-18(17)22-14-16-8-2-6-12-20(16)24;1-4-10-16(11-5-1)19(17-12-6-2-7-13-17)18-14-8-3-9-15-18;;/h1-2,5-8,11-14,17-18,23-24H,3-4,9-10H2;1-15H;1H;/q;;;+3/p-2/t17-,18+;;;. The average Bonchev–Trinajstić information content (AvgIpc) is 3.06. The molecule has 229 valence electrons. The van der Waals surface area contributed by atoms with Crippen LogP contribution in [0.2, 0.25) is 0 Å². The van der Waals surface area contributed by atoms with Gasteiger partial charge in [0, 0.05) is 12.4 Å². The summed E-state index contributed by atoms with van der Waals surface area (Å²) in [5, 5.41) is 27.8. The molecule has 2 atom stereocenters. The monoisotopic (exact) mass is 720 g/mol. The number of para-hydroxylation sites is 2. The third-order valence-electron chi connectivity index (χ3n) is 7.53. The zero-order valence-electron chi connectivity index (χ0n) is 24.9. The third kappa shape index (κ3) is 10.5. The molecular formula is C38H36ClN2O2PRu+. The zero-order valence-corrected chi connectivity index (χ0v) is 28.4. The van der Waals surface area contributed by atoms with Gasteiger partial charge >= 0.3 is 19.5 Å². The summed E-state index contributed by atoms with van der Waals surface area (Å²) in [6.45, 7) is 0. The van der Waals surface area contributed by atoms with Crippen LogP contribution in [-0.2, 0) is 19.5 Å². The fraction of sp³-hybridized carbons (Fsp3) is 0.158. The Kier molecular flexibility index (Phi) is 15.2. The number of rotatable bonds is 7. The van der Waals surface area contributed by atoms with Crippen LogP contribution in [-0.4, -0.2) is 24.5 Å². The fourth-order valence-electron chi connectivity index (χ4n) is 5.28. The molecule has 0 heterocycles. The van der Waals surface area contributed by atoms with E-state index in [0.29, 0.717) is 11.1 Å². The first-order valence-electron chi connectivity index (χ1n) is 14.8. The number of hydrogen-bond acceptors (Lipinski definition) is 4. The van der Waals surface area contributed by atoms with Crippen molar-refractivity contribution >= 4 is 36.3 Å². The first kappa shape index (κ1) is 35.9. The molecule has 0 unspecified atom stereocenters. The minimum Gasteiger partial charge on any atom is -1.00 e. The molecule has 0 saturated heterocycles. The van der Waals surface area contributed by atoms with Crippen molar-refractivity contribution in [2.24, 2.45) is 9.98 Å². The number of hydrogen-bond donors (Lipinski definition) is 0. The van der Waals surface area contributed by atoms with Gasteiger partial charge in [-0.2, -0.15) is 0 Å². The van der Waals surface area contributed by atoms with Gasteiger partial charge in [0.1, 0.15) is 15.9 Å². The molecule has 1 aliphatic rings. The number of aliphatic imine (C=N–C) groups is 2. The van der Waals surface area contributed by atoms with Crippen LogP contribution in [0.1, 0.15) is 36.8 Å². The Labute approximate surface area is 286 Å². The molecule has 1 fully saturated rings. The van der Waals surface area contributed by atoms with Gasteiger partial charge in [0.25, 0.3) is 0 Å². The first-order valence-corrected chi connectivity index (χ1v) is 16.3. The van der Waals surface area contributed by atoms with Crippen molar-refractivity contribution < 1.29 is 42.1 Å². The van der Waals surface area contributed by atoms with E-state index in [1.54, 1.807) is 48.8 Å². The summed E-state index contributed by atoms with van der Waals surface area (Å²) in [5.74, 6) is -0.0326. The maximum Gasteiger partial charge on any atom is 3.00 e. The Bertz CT molecular complexity index is 1460. The van der Waals surface area contributed by atoms with E-state index in [-0.39, 0.29) is 55.5 Å². The summed E-state index contributed by atoms with van der Waals surface area (Å²) in [6.07, 6.45) is 7.48. The number of benzene rings is 5. The van der Waals surface area contributed by atoms with Crippen molar-refractivity contribution in [3.8, 4) is 11.5 Å². The smallest absolute Gasteiger partial charge is 1.00 e. The molecule has 1 aliphatic carbocycles. The molecule has 6 rings (SSSR count). The van der Waals surface area contributed by atoms with Gasteiger partial charge in [0.15, 0.2) is 0 Å². The van der Waals surface area contributed by atoms with Gasteiger partial charge in [0.2, 0.25) is 0 Å². The average molecular weight is 720 g/mol. The van der Waals surface area contributed by atoms with E-state index in [2.05, 4.69) is 101 Å². The Morgan fingerprint density at radius 2 is 0.800 bits per heavy atom. The second-order valence-electron chi connectivity index (χ2n) is 10.5. The molecule has 1 radical (unpaired) electrons. The maximum absolute atomic E-state index is 11.8. The zero-order chi connectivity index (χ0) is 29.7. The fourth-order valence-corrected chi connectivity index (χ4v) is 7.86. The molecule has 0 N–H and O–H groups in total. The molecule has 0 aliphatic heterocycles. The van der Waals surface area contributed by atoms with E-state index in [0.717, 1.165) is 25.7 Å². The van der Waals surface area contributed by atoms with Crippen LogP contribution in [0.15, 0.2) is 150 Å². The topological polar surface area (TPSA) is 70.8 Å². The molecule has 1 saturated carbocycles. The Hall–Kier alpha value is -3.62. The van der Waals surface area contributed by atoms with Gasteiger partial charge in [0.05, 0.1) is 20.0 Å². The van der Waals surface area contributed by atoms with E-state index in [1.165, 1.54) is 15.9 Å². The summed E-state index contributed by atoms with van der Waals surface area (Å²) in [5.41, 5.74) is 1.21. The quantitative estimate of drug-likeness (QED) is 0.148. The molecule has 0 bridgehead atoms. The van der Waals surface area contributed by atoms with Gasteiger partial charge in [-0.05, 0) is 60.4 Å². The van der Waals surface area contributed by atoms with Crippen molar-refractivity contribution in [2.45, 2.75) is 37.8 Å². The molecule has 0 amide bonds. The normalized spacial score (nSPS) is 15.9. The Morgan fingerprint density at radius 3 is 1.13 bits per heavy atom. The SMILES string of the molecule is [Cl-].[O-]c1ccccc1C=N[C@H]1CCCC[C@H]1N=Cc1ccccc1[O-].[Ru+3].c1ccc([PH+](c2ccccc2)c2ccccc2)cc1. The summed E-state index contributed by atoms with van der Waals surface area (Å²) < 4.78 is 0. The van der Waals surface area contributed by atoms with Crippen LogP contribution in [0, 0.1) is 0 Å². The van der Waals surface area contributed by atoms with E-state index < -0.39 is 7.92 Å². The Morgan fingerprint density at radius 1 is 0.489 bits per heavy atom. The second-order valence-corrected chi connectivity index (χ2v) is 13.0. The third-order valence-corrected chi connectivity index (χ3v) is 10.3. The molecule has 7 heteroatoms. The van der Waals surface area contributed by atoms with Crippen molar-refractivity contribution in [3.05, 3.63) is 151 Å². The minimum absolute atomic E-state index is 0. The van der Waals surface area contributed by atoms with Crippen molar-refractivity contribution in [1.82, 2.24) is 0 Å². The van der Waals surface area contributed by atoms with E-state index >= 15 is 0 Å². The predicted molar refractivity (Wildman–Crippen MR) is 180 cm³/mol. The van der Waals surface area contributed by atoms with Crippen LogP contribution in [0.4, 0.5) is 0 Å². The second kappa shape index (κ2) is 19.0. The Balaban J connectivity index is 0.000000240. The molecule has 5 aromatic carbocycles. The van der Waals surface area contributed by atoms with Gasteiger partial charge in [-0.25, -0.2) is 0 Å². The van der Waals surface area contributed by atoms with Gasteiger partial charge in [-0.3, -0.25) is 9.98 Å². The van der Waals surface area contributed by atoms with E-state index in [9.17, 15) is 10.2 Å². The van der Waals surface area contributed by atoms with E-state index in [4.69, 9.17) is 0 Å². The minimum atomic E-state index is -0.877. The molecule has 45 heavy (non-hydrogen) atoms. The molecule has 0 spiro atoms. The van der Waals surface area contributed by atoms with E-state index in [1.807, 2.05) is 12.1 Å². The summed E-state index contributed by atoms with van der Waals surface area (Å²) >= 11 is 0. The number of nitrogens with zero attached hydrogens (tertiary/aromatic N) is 2. The predicted octanol–water partition coefficient (Wildman–Crippen LogP) is 2.86. The van der Waals surface area contributed by atoms with Crippen LogP contribution in [0.25, 0.3) is 0 Å². The van der Waals surface area contributed by atoms with Crippen LogP contribution in [0.5, 0.6) is 11.5 Å². The van der Waals surface area contributed by atoms with Gasteiger partial charge in [-0.1, -0.05) is 116 Å². The maximum atomic E-state index is 11.8. The van der Waals surface area contributed by atoms with Crippen molar-refractivity contribution in [3.63, 3.8) is 0 Å². The van der Waals surface area contributed by atoms with Crippen molar-refractivity contribution in [2.75, 3.05) is 0 Å². The molecule has 0 aromatic heterocycles. The molecule has 4 nitrogen and oxygen atoms in total. The van der Waals surface area contributed by atoms with Crippen LogP contribution < -0.4 is 38.5 Å². The summed E-state index contributed by atoms with van der Waals surface area (Å²) in [6, 6.07) is 46.4. The molecule has 5 aromatic rings. The summed E-state index contributed by atoms with van der Waals surface area (Å²) in [4.78, 5) is 9.23. The largest absolute Gasteiger partial charge is 3.00 e. The van der Waals surface area contributed by atoms with Crippen molar-refractivity contribution in [1.29, 1.82) is 0 Å². The number of halogens is 1. The first-order chi connectivity index (χ1) is 21.2.